The molecule has 3 fully saturated rings. The van der Waals surface area contributed by atoms with Crippen molar-refractivity contribution in [1.82, 2.24) is 0 Å². The standard InChI is InChI=1S/C24H38O7/c1-12(2)16-10-17(29-14(4)25)13(3)20-18-11-23(6,28)19(27)8-9-24(7,31-15(5)26)22(30-18)21(16)20/h12,16-22,27-28H,3,8-11H2,1-2,4-7H3/t16-,17+,18-,19+,20-,21-,22-,23+,24-/m1/s1. The van der Waals surface area contributed by atoms with Gasteiger partial charge in [-0.25, -0.2) is 0 Å². The summed E-state index contributed by atoms with van der Waals surface area (Å²) in [4.78, 5) is 23.8. The van der Waals surface area contributed by atoms with E-state index in [9.17, 15) is 19.8 Å². The molecule has 31 heavy (non-hydrogen) atoms. The predicted molar refractivity (Wildman–Crippen MR) is 114 cm³/mol. The molecular formula is C24H38O7. The molecule has 3 aliphatic rings. The number of rotatable bonds is 3. The van der Waals surface area contributed by atoms with Crippen LogP contribution in [0.15, 0.2) is 12.2 Å². The summed E-state index contributed by atoms with van der Waals surface area (Å²) < 4.78 is 18.1. The van der Waals surface area contributed by atoms with Crippen molar-refractivity contribution in [3.05, 3.63) is 12.2 Å². The van der Waals surface area contributed by atoms with E-state index >= 15 is 0 Å². The largest absolute Gasteiger partial charge is 0.458 e. The first-order valence-electron chi connectivity index (χ1n) is 11.4. The van der Waals surface area contributed by atoms with Gasteiger partial charge >= 0.3 is 11.9 Å². The molecule has 1 aliphatic carbocycles. The van der Waals surface area contributed by atoms with Crippen LogP contribution >= 0.6 is 0 Å². The minimum absolute atomic E-state index is 0.000277. The fourth-order valence-electron chi connectivity index (χ4n) is 6.17. The molecule has 2 N–H and O–H groups in total. The highest BCUT2D eigenvalue weighted by Crippen LogP contribution is 2.56. The van der Waals surface area contributed by atoms with Crippen molar-refractivity contribution >= 4 is 11.9 Å². The Balaban J connectivity index is 2.10. The summed E-state index contributed by atoms with van der Waals surface area (Å²) in [7, 11) is 0. The van der Waals surface area contributed by atoms with Gasteiger partial charge in [0.1, 0.15) is 17.8 Å². The Morgan fingerprint density at radius 3 is 2.42 bits per heavy atom. The van der Waals surface area contributed by atoms with Crippen LogP contribution in [0.25, 0.3) is 0 Å². The second-order valence-electron chi connectivity index (χ2n) is 10.5. The first-order valence-corrected chi connectivity index (χ1v) is 11.4. The van der Waals surface area contributed by atoms with Gasteiger partial charge in [0, 0.05) is 32.1 Å². The van der Waals surface area contributed by atoms with E-state index in [-0.39, 0.29) is 36.1 Å². The first kappa shape index (κ1) is 24.2. The van der Waals surface area contributed by atoms with Gasteiger partial charge in [-0.05, 0) is 50.5 Å². The molecule has 0 amide bonds. The van der Waals surface area contributed by atoms with E-state index in [1.54, 1.807) is 6.92 Å². The Morgan fingerprint density at radius 2 is 1.87 bits per heavy atom. The maximum Gasteiger partial charge on any atom is 0.303 e. The number of carbonyl (C=O) groups excluding carboxylic acids is 2. The SMILES string of the molecule is C=C1[C@H]2[C@@H]([C@@H](C(C)C)C[C@@H]1OC(C)=O)[C@H]1O[C@@H]2C[C@](C)(O)[C@@H](O)CC[C@@]1(C)OC(C)=O. The maximum absolute atomic E-state index is 12.0. The lowest BCUT2D eigenvalue weighted by atomic mass is 9.59. The maximum atomic E-state index is 12.0. The fraction of sp³-hybridized carbons (Fsp3) is 0.833. The summed E-state index contributed by atoms with van der Waals surface area (Å²) in [6.07, 6.45) is -0.717. The molecule has 2 bridgehead atoms. The van der Waals surface area contributed by atoms with Crippen LogP contribution in [0.3, 0.4) is 0 Å². The van der Waals surface area contributed by atoms with Crippen LogP contribution in [0.4, 0.5) is 0 Å². The zero-order chi connectivity index (χ0) is 23.3. The van der Waals surface area contributed by atoms with E-state index in [1.165, 1.54) is 13.8 Å². The summed E-state index contributed by atoms with van der Waals surface area (Å²) in [6, 6.07) is 0. The second-order valence-corrected chi connectivity index (χ2v) is 10.5. The molecule has 0 aromatic heterocycles. The van der Waals surface area contributed by atoms with Crippen molar-refractivity contribution in [2.45, 2.75) is 103 Å². The minimum atomic E-state index is -1.37. The van der Waals surface area contributed by atoms with E-state index in [4.69, 9.17) is 14.2 Å². The van der Waals surface area contributed by atoms with Gasteiger partial charge in [0.15, 0.2) is 0 Å². The first-order chi connectivity index (χ1) is 14.3. The summed E-state index contributed by atoms with van der Waals surface area (Å²) in [6.45, 7) is 14.8. The van der Waals surface area contributed by atoms with Crippen molar-refractivity contribution in [3.63, 3.8) is 0 Å². The van der Waals surface area contributed by atoms with Crippen molar-refractivity contribution in [1.29, 1.82) is 0 Å². The molecule has 2 aliphatic heterocycles. The number of carbonyl (C=O) groups is 2. The van der Waals surface area contributed by atoms with Gasteiger partial charge in [0.25, 0.3) is 0 Å². The Labute approximate surface area is 185 Å². The lowest BCUT2D eigenvalue weighted by molar-refractivity contribution is -0.180. The van der Waals surface area contributed by atoms with Gasteiger partial charge in [-0.3, -0.25) is 9.59 Å². The Kier molecular flexibility index (Phi) is 6.63. The molecule has 2 saturated heterocycles. The summed E-state index contributed by atoms with van der Waals surface area (Å²) in [5.74, 6) is -0.507. The Morgan fingerprint density at radius 1 is 1.23 bits per heavy atom. The predicted octanol–water partition coefficient (Wildman–Crippen LogP) is 2.77. The van der Waals surface area contributed by atoms with Crippen molar-refractivity contribution in [3.8, 4) is 0 Å². The highest BCUT2D eigenvalue weighted by molar-refractivity contribution is 5.67. The molecule has 0 unspecified atom stereocenters. The molecule has 1 saturated carbocycles. The van der Waals surface area contributed by atoms with Crippen molar-refractivity contribution in [2.75, 3.05) is 0 Å². The molecule has 7 heteroatoms. The number of ether oxygens (including phenoxy) is 3. The zero-order valence-electron chi connectivity index (χ0n) is 19.6. The normalized spacial score (nSPS) is 45.3. The number of hydrogen-bond acceptors (Lipinski definition) is 7. The quantitative estimate of drug-likeness (QED) is 0.516. The zero-order valence-corrected chi connectivity index (χ0v) is 19.6. The average molecular weight is 439 g/mol. The molecule has 0 aromatic carbocycles. The minimum Gasteiger partial charge on any atom is -0.458 e. The summed E-state index contributed by atoms with van der Waals surface area (Å²) >= 11 is 0. The Hall–Kier alpha value is -1.44. The number of fused-ring (bicyclic) bond motifs is 5. The van der Waals surface area contributed by atoms with Gasteiger partial charge < -0.3 is 24.4 Å². The molecule has 3 rings (SSSR count). The fourth-order valence-corrected chi connectivity index (χ4v) is 6.17. The van der Waals surface area contributed by atoms with Gasteiger partial charge in [0.05, 0.1) is 17.8 Å². The van der Waals surface area contributed by atoms with Gasteiger partial charge in [-0.1, -0.05) is 20.4 Å². The lowest BCUT2D eigenvalue weighted by Gasteiger charge is -2.47. The van der Waals surface area contributed by atoms with Crippen LogP contribution in [0.1, 0.15) is 67.2 Å². The number of hydrogen-bond donors (Lipinski definition) is 2. The van der Waals surface area contributed by atoms with Crippen molar-refractivity contribution < 1.29 is 34.0 Å². The van der Waals surface area contributed by atoms with E-state index in [1.807, 2.05) is 6.92 Å². The number of esters is 2. The smallest absolute Gasteiger partial charge is 0.303 e. The van der Waals surface area contributed by atoms with Crippen molar-refractivity contribution in [2.24, 2.45) is 23.7 Å². The molecule has 0 aromatic rings. The molecule has 0 spiro atoms. The number of aliphatic hydroxyl groups is 2. The molecular weight excluding hydrogens is 400 g/mol. The van der Waals surface area contributed by atoms with Crippen LogP contribution in [-0.4, -0.2) is 57.8 Å². The van der Waals surface area contributed by atoms with E-state index in [0.29, 0.717) is 19.3 Å². The van der Waals surface area contributed by atoms with Gasteiger partial charge in [-0.15, -0.1) is 0 Å². The topological polar surface area (TPSA) is 102 Å². The highest BCUT2D eigenvalue weighted by atomic mass is 16.6. The van der Waals surface area contributed by atoms with E-state index < -0.39 is 41.6 Å². The molecule has 2 heterocycles. The van der Waals surface area contributed by atoms with Crippen LogP contribution < -0.4 is 0 Å². The third kappa shape index (κ3) is 4.55. The van der Waals surface area contributed by atoms with E-state index in [0.717, 1.165) is 5.57 Å². The third-order valence-corrected chi connectivity index (χ3v) is 7.70. The lowest BCUT2D eigenvalue weighted by Crippen LogP contribution is -2.53. The molecule has 0 radical (unpaired) electrons. The van der Waals surface area contributed by atoms with E-state index in [2.05, 4.69) is 20.4 Å². The highest BCUT2D eigenvalue weighted by Gasteiger charge is 2.61. The molecule has 9 atom stereocenters. The average Bonchev–Trinajstić information content (AvgIpc) is 3.00. The molecule has 176 valence electrons. The van der Waals surface area contributed by atoms with Crippen LogP contribution in [0.5, 0.6) is 0 Å². The van der Waals surface area contributed by atoms with Gasteiger partial charge in [-0.2, -0.15) is 0 Å². The summed E-state index contributed by atoms with van der Waals surface area (Å²) in [5.41, 5.74) is -1.54. The second kappa shape index (κ2) is 8.49. The van der Waals surface area contributed by atoms with Crippen LogP contribution in [0, 0.1) is 23.7 Å². The summed E-state index contributed by atoms with van der Waals surface area (Å²) in [5, 5.41) is 21.8. The number of aliphatic hydroxyl groups excluding tert-OH is 1. The molecule has 7 nitrogen and oxygen atoms in total. The Bertz CT molecular complexity index is 729. The van der Waals surface area contributed by atoms with Crippen LogP contribution in [0.2, 0.25) is 0 Å². The van der Waals surface area contributed by atoms with Crippen LogP contribution in [-0.2, 0) is 23.8 Å². The third-order valence-electron chi connectivity index (χ3n) is 7.70. The van der Waals surface area contributed by atoms with Gasteiger partial charge in [0.2, 0.25) is 0 Å². The monoisotopic (exact) mass is 438 g/mol.